The zero-order valence-corrected chi connectivity index (χ0v) is 16.9. The third kappa shape index (κ3) is 3.40. The molecule has 4 rings (SSSR count). The van der Waals surface area contributed by atoms with E-state index in [9.17, 15) is 0 Å². The molecule has 0 amide bonds. The Labute approximate surface area is 165 Å². The van der Waals surface area contributed by atoms with Crippen LogP contribution in [0, 0.1) is 0 Å². The molecule has 2 aromatic heterocycles. The topological polar surface area (TPSA) is 34.0 Å². The summed E-state index contributed by atoms with van der Waals surface area (Å²) in [7, 11) is 0. The van der Waals surface area contributed by atoms with E-state index < -0.39 is 0 Å². The maximum atomic E-state index is 6.12. The number of halogens is 1. The molecule has 0 radical (unpaired) electrons. The molecule has 1 aromatic carbocycles. The molecule has 3 aromatic rings. The van der Waals surface area contributed by atoms with E-state index in [4.69, 9.17) is 16.7 Å². The molecule has 140 valence electrons. The summed E-state index contributed by atoms with van der Waals surface area (Å²) in [6.45, 7) is 9.80. The van der Waals surface area contributed by atoms with Crippen LogP contribution in [0.5, 0.6) is 0 Å². The van der Waals surface area contributed by atoms with Crippen molar-refractivity contribution in [3.05, 3.63) is 59.5 Å². The molecular weight excluding hydrogens is 356 g/mol. The molecule has 0 bridgehead atoms. The zero-order valence-electron chi connectivity index (χ0n) is 16.1. The Balaban J connectivity index is 1.94. The van der Waals surface area contributed by atoms with Crippen molar-refractivity contribution in [2.75, 3.05) is 13.1 Å². The number of aromatic nitrogens is 3. The Kier molecular flexibility index (Phi) is 4.79. The van der Waals surface area contributed by atoms with Crippen molar-refractivity contribution in [3.63, 3.8) is 0 Å². The Bertz CT molecular complexity index is 929. The van der Waals surface area contributed by atoms with Gasteiger partial charge in [-0.25, -0.2) is 0 Å². The molecule has 0 N–H and O–H groups in total. The highest BCUT2D eigenvalue weighted by Crippen LogP contribution is 2.40. The van der Waals surface area contributed by atoms with E-state index in [0.29, 0.717) is 0 Å². The largest absolute Gasteiger partial charge is 0.295 e. The van der Waals surface area contributed by atoms with E-state index in [1.165, 1.54) is 11.3 Å². The summed E-state index contributed by atoms with van der Waals surface area (Å²) >= 11 is 6.12. The van der Waals surface area contributed by atoms with Crippen LogP contribution in [0.2, 0.25) is 5.02 Å². The minimum absolute atomic E-state index is 0.0603. The van der Waals surface area contributed by atoms with E-state index in [0.717, 1.165) is 47.9 Å². The van der Waals surface area contributed by atoms with Crippen molar-refractivity contribution in [3.8, 4) is 22.4 Å². The molecule has 5 heteroatoms. The summed E-state index contributed by atoms with van der Waals surface area (Å²) in [5.74, 6) is 0. The minimum atomic E-state index is -0.0603. The molecular formula is C22H25ClN4. The van der Waals surface area contributed by atoms with Crippen molar-refractivity contribution in [1.82, 2.24) is 19.7 Å². The standard InChI is InChI=1S/C22H25ClN4/c1-4-13-26-14-19-20(16-9-11-24-12-10-16)21(17-5-7-18(23)8-6-17)25-27(19)22(2,3)15-26/h5-12H,4,13-15H2,1-3H3. The molecule has 27 heavy (non-hydrogen) atoms. The van der Waals surface area contributed by atoms with Crippen LogP contribution >= 0.6 is 11.6 Å². The van der Waals surface area contributed by atoms with Crippen LogP contribution < -0.4 is 0 Å². The van der Waals surface area contributed by atoms with Gasteiger partial charge in [0.15, 0.2) is 0 Å². The number of hydrogen-bond acceptors (Lipinski definition) is 3. The third-order valence-electron chi connectivity index (χ3n) is 5.16. The fraction of sp³-hybridized carbons (Fsp3) is 0.364. The Morgan fingerprint density at radius 3 is 2.41 bits per heavy atom. The van der Waals surface area contributed by atoms with Crippen molar-refractivity contribution >= 4 is 11.6 Å². The summed E-state index contributed by atoms with van der Waals surface area (Å²) in [4.78, 5) is 6.73. The van der Waals surface area contributed by atoms with Crippen LogP contribution in [0.25, 0.3) is 22.4 Å². The van der Waals surface area contributed by atoms with Crippen LogP contribution in [0.15, 0.2) is 48.8 Å². The van der Waals surface area contributed by atoms with Gasteiger partial charge in [-0.2, -0.15) is 5.10 Å². The fourth-order valence-corrected chi connectivity index (χ4v) is 4.21. The van der Waals surface area contributed by atoms with Gasteiger partial charge >= 0.3 is 0 Å². The molecule has 0 aliphatic carbocycles. The van der Waals surface area contributed by atoms with Gasteiger partial charge in [-0.3, -0.25) is 14.6 Å². The van der Waals surface area contributed by atoms with E-state index in [-0.39, 0.29) is 5.54 Å². The lowest BCUT2D eigenvalue weighted by Crippen LogP contribution is -2.47. The quantitative estimate of drug-likeness (QED) is 0.621. The van der Waals surface area contributed by atoms with Gasteiger partial charge in [-0.05, 0) is 56.6 Å². The highest BCUT2D eigenvalue weighted by atomic mass is 35.5. The van der Waals surface area contributed by atoms with Crippen molar-refractivity contribution in [2.45, 2.75) is 39.3 Å². The minimum Gasteiger partial charge on any atom is -0.295 e. The third-order valence-corrected chi connectivity index (χ3v) is 5.42. The van der Waals surface area contributed by atoms with Crippen molar-refractivity contribution in [2.24, 2.45) is 0 Å². The maximum Gasteiger partial charge on any atom is 0.100 e. The van der Waals surface area contributed by atoms with E-state index in [1.54, 1.807) is 0 Å². The predicted octanol–water partition coefficient (Wildman–Crippen LogP) is 5.23. The molecule has 0 spiro atoms. The molecule has 0 fully saturated rings. The molecule has 1 aliphatic heterocycles. The predicted molar refractivity (Wildman–Crippen MR) is 111 cm³/mol. The van der Waals surface area contributed by atoms with Crippen LogP contribution in [0.1, 0.15) is 32.9 Å². The van der Waals surface area contributed by atoms with Gasteiger partial charge < -0.3 is 0 Å². The number of hydrogen-bond donors (Lipinski definition) is 0. The first-order valence-corrected chi connectivity index (χ1v) is 9.88. The Morgan fingerprint density at radius 2 is 1.74 bits per heavy atom. The van der Waals surface area contributed by atoms with Crippen LogP contribution in [0.4, 0.5) is 0 Å². The summed E-state index contributed by atoms with van der Waals surface area (Å²) in [5.41, 5.74) is 5.68. The highest BCUT2D eigenvalue weighted by Gasteiger charge is 2.35. The summed E-state index contributed by atoms with van der Waals surface area (Å²) in [6, 6.07) is 12.1. The molecule has 0 atom stereocenters. The van der Waals surface area contributed by atoms with Gasteiger partial charge in [-0.15, -0.1) is 0 Å². The van der Waals surface area contributed by atoms with E-state index >= 15 is 0 Å². The lowest BCUT2D eigenvalue weighted by Gasteiger charge is -2.39. The second-order valence-corrected chi connectivity index (χ2v) is 8.28. The molecule has 1 aliphatic rings. The lowest BCUT2D eigenvalue weighted by molar-refractivity contribution is 0.121. The van der Waals surface area contributed by atoms with Crippen molar-refractivity contribution in [1.29, 1.82) is 0 Å². The summed E-state index contributed by atoms with van der Waals surface area (Å²) < 4.78 is 2.23. The lowest BCUT2D eigenvalue weighted by atomic mass is 9.96. The molecule has 0 saturated carbocycles. The molecule has 0 saturated heterocycles. The highest BCUT2D eigenvalue weighted by molar-refractivity contribution is 6.30. The summed E-state index contributed by atoms with van der Waals surface area (Å²) in [6.07, 6.45) is 4.85. The molecule has 0 unspecified atom stereocenters. The number of nitrogens with zero attached hydrogens (tertiary/aromatic N) is 4. The first-order valence-electron chi connectivity index (χ1n) is 9.50. The smallest absolute Gasteiger partial charge is 0.100 e. The first kappa shape index (κ1) is 18.2. The van der Waals surface area contributed by atoms with E-state index in [2.05, 4.69) is 59.6 Å². The number of pyridine rings is 1. The maximum absolute atomic E-state index is 6.12. The number of rotatable bonds is 4. The monoisotopic (exact) mass is 380 g/mol. The molecule has 4 nitrogen and oxygen atoms in total. The normalized spacial score (nSPS) is 16.3. The van der Waals surface area contributed by atoms with Crippen LogP contribution in [-0.2, 0) is 12.1 Å². The second-order valence-electron chi connectivity index (χ2n) is 7.85. The fourth-order valence-electron chi connectivity index (χ4n) is 4.09. The Morgan fingerprint density at radius 1 is 1.04 bits per heavy atom. The Hall–Kier alpha value is -2.17. The van der Waals surface area contributed by atoms with Gasteiger partial charge in [0.25, 0.3) is 0 Å². The van der Waals surface area contributed by atoms with Crippen molar-refractivity contribution < 1.29 is 0 Å². The number of fused-ring (bicyclic) bond motifs is 1. The van der Waals surface area contributed by atoms with Gasteiger partial charge in [0.1, 0.15) is 5.69 Å². The summed E-state index contributed by atoms with van der Waals surface area (Å²) in [5, 5.41) is 5.84. The van der Waals surface area contributed by atoms with Gasteiger partial charge in [-0.1, -0.05) is 30.7 Å². The zero-order chi connectivity index (χ0) is 19.0. The number of benzene rings is 1. The van der Waals surface area contributed by atoms with Gasteiger partial charge in [0.05, 0.1) is 11.2 Å². The van der Waals surface area contributed by atoms with Crippen LogP contribution in [0.3, 0.4) is 0 Å². The van der Waals surface area contributed by atoms with Gasteiger partial charge in [0.2, 0.25) is 0 Å². The second kappa shape index (κ2) is 7.10. The van der Waals surface area contributed by atoms with Crippen LogP contribution in [-0.4, -0.2) is 32.8 Å². The molecule has 3 heterocycles. The SMILES string of the molecule is CCCN1Cc2c(-c3ccncc3)c(-c3ccc(Cl)cc3)nn2C(C)(C)C1. The van der Waals surface area contributed by atoms with Gasteiger partial charge in [0, 0.05) is 41.6 Å². The average molecular weight is 381 g/mol. The van der Waals surface area contributed by atoms with E-state index in [1.807, 2.05) is 24.5 Å². The first-order chi connectivity index (χ1) is 13.0. The average Bonchev–Trinajstić information content (AvgIpc) is 3.03.